The van der Waals surface area contributed by atoms with Gasteiger partial charge in [0, 0.05) is 44.1 Å². The van der Waals surface area contributed by atoms with Crippen molar-refractivity contribution < 1.29 is 9.53 Å². The summed E-state index contributed by atoms with van der Waals surface area (Å²) >= 11 is 0. The van der Waals surface area contributed by atoms with Gasteiger partial charge in [-0.25, -0.2) is 0 Å². The average molecular weight is 309 g/mol. The molecule has 5 rings (SSSR count). The first kappa shape index (κ1) is 13.5. The van der Waals surface area contributed by atoms with Crippen LogP contribution in [0.25, 0.3) is 10.9 Å². The fourth-order valence-electron chi connectivity index (χ4n) is 4.58. The fraction of sp³-hybridized carbons (Fsp3) is 0.444. The van der Waals surface area contributed by atoms with Gasteiger partial charge in [-0.05, 0) is 17.7 Å². The van der Waals surface area contributed by atoms with E-state index in [0.717, 1.165) is 31.6 Å². The number of likely N-dealkylation sites (tertiary alicyclic amines) is 1. The normalized spacial score (nSPS) is 30.2. The maximum absolute atomic E-state index is 12.3. The van der Waals surface area contributed by atoms with Gasteiger partial charge in [-0.15, -0.1) is 0 Å². The maximum atomic E-state index is 12.3. The summed E-state index contributed by atoms with van der Waals surface area (Å²) in [5, 5.41) is 1.20. The summed E-state index contributed by atoms with van der Waals surface area (Å²) in [6, 6.07) is 10.5. The second-order valence-corrected chi connectivity index (χ2v) is 6.67. The first-order valence-electron chi connectivity index (χ1n) is 8.29. The Morgan fingerprint density at radius 1 is 1.26 bits per heavy atom. The molecule has 0 bridgehead atoms. The van der Waals surface area contributed by atoms with Crippen LogP contribution >= 0.6 is 0 Å². The number of para-hydroxylation sites is 1. The number of pyridine rings is 1. The van der Waals surface area contributed by atoms with Crippen LogP contribution in [0.2, 0.25) is 0 Å². The zero-order valence-corrected chi connectivity index (χ0v) is 12.9. The van der Waals surface area contributed by atoms with E-state index < -0.39 is 0 Å². The number of nitrogens with zero attached hydrogens (tertiary/aromatic N) is 3. The Labute approximate surface area is 134 Å². The minimum Gasteiger partial charge on any atom is -0.352 e. The van der Waals surface area contributed by atoms with Crippen LogP contribution in [0.3, 0.4) is 0 Å². The Morgan fingerprint density at radius 3 is 3.13 bits per heavy atom. The molecule has 0 saturated carbocycles. The summed E-state index contributed by atoms with van der Waals surface area (Å²) in [5.74, 6) is 0.247. The monoisotopic (exact) mass is 309 g/mol. The molecular formula is C18H19N3O2. The first-order valence-corrected chi connectivity index (χ1v) is 8.29. The Balaban J connectivity index is 1.48. The van der Waals surface area contributed by atoms with Crippen molar-refractivity contribution >= 4 is 16.8 Å². The molecule has 0 N–H and O–H groups in total. The first-order chi connectivity index (χ1) is 11.3. The van der Waals surface area contributed by atoms with Crippen LogP contribution in [0.4, 0.5) is 0 Å². The largest absolute Gasteiger partial charge is 0.352 e. The highest BCUT2D eigenvalue weighted by Crippen LogP contribution is 2.46. The third kappa shape index (κ3) is 1.80. The van der Waals surface area contributed by atoms with E-state index in [0.29, 0.717) is 13.0 Å². The smallest absolute Gasteiger partial charge is 0.226 e. The van der Waals surface area contributed by atoms with E-state index in [1.165, 1.54) is 10.9 Å². The van der Waals surface area contributed by atoms with Crippen molar-refractivity contribution in [1.82, 2.24) is 14.8 Å². The van der Waals surface area contributed by atoms with E-state index in [1.54, 1.807) is 0 Å². The molecule has 5 heteroatoms. The van der Waals surface area contributed by atoms with Gasteiger partial charge in [0.15, 0.2) is 5.72 Å². The second-order valence-electron chi connectivity index (χ2n) is 6.67. The third-order valence-electron chi connectivity index (χ3n) is 5.62. The van der Waals surface area contributed by atoms with Gasteiger partial charge in [-0.1, -0.05) is 18.2 Å². The Morgan fingerprint density at radius 2 is 2.17 bits per heavy atom. The highest BCUT2D eigenvalue weighted by Gasteiger charge is 2.61. The van der Waals surface area contributed by atoms with Crippen LogP contribution < -0.4 is 0 Å². The molecule has 0 unspecified atom stereocenters. The zero-order chi connectivity index (χ0) is 15.4. The summed E-state index contributed by atoms with van der Waals surface area (Å²) < 4.78 is 6.07. The highest BCUT2D eigenvalue weighted by molar-refractivity contribution is 5.82. The summed E-state index contributed by atoms with van der Waals surface area (Å²) in [7, 11) is 0. The molecule has 0 radical (unpaired) electrons. The van der Waals surface area contributed by atoms with Gasteiger partial charge < -0.3 is 9.64 Å². The van der Waals surface area contributed by atoms with Crippen LogP contribution in [-0.4, -0.2) is 52.2 Å². The van der Waals surface area contributed by atoms with Crippen LogP contribution in [0, 0.1) is 0 Å². The number of carbonyl (C=O) groups excluding carboxylic acids is 1. The topological polar surface area (TPSA) is 45.7 Å². The van der Waals surface area contributed by atoms with Crippen molar-refractivity contribution in [3.05, 3.63) is 42.1 Å². The van der Waals surface area contributed by atoms with Crippen molar-refractivity contribution in [3.63, 3.8) is 0 Å². The molecule has 2 atom stereocenters. The lowest BCUT2D eigenvalue weighted by Gasteiger charge is -2.31. The number of amides is 1. The van der Waals surface area contributed by atoms with Gasteiger partial charge in [0.2, 0.25) is 5.91 Å². The standard InChI is InChI=1S/C18H19N3O2/c22-17-11-16-18(21(17)9-10-23-18)6-8-20(16)12-13-5-7-19-15-4-2-1-3-14(13)15/h1-5,7,16H,6,8-12H2/t16-,18+/m1/s1. The van der Waals surface area contributed by atoms with Gasteiger partial charge >= 0.3 is 0 Å². The molecule has 3 aliphatic heterocycles. The molecule has 5 nitrogen and oxygen atoms in total. The number of ether oxygens (including phenoxy) is 1. The number of hydrogen-bond acceptors (Lipinski definition) is 4. The molecule has 23 heavy (non-hydrogen) atoms. The minimum absolute atomic E-state index is 0.185. The van der Waals surface area contributed by atoms with Gasteiger partial charge in [-0.2, -0.15) is 0 Å². The van der Waals surface area contributed by atoms with Crippen LogP contribution in [0.5, 0.6) is 0 Å². The van der Waals surface area contributed by atoms with Crippen molar-refractivity contribution in [2.24, 2.45) is 0 Å². The van der Waals surface area contributed by atoms with Gasteiger partial charge in [-0.3, -0.25) is 14.7 Å². The van der Waals surface area contributed by atoms with E-state index >= 15 is 0 Å². The van der Waals surface area contributed by atoms with Crippen molar-refractivity contribution in [2.75, 3.05) is 19.7 Å². The summed E-state index contributed by atoms with van der Waals surface area (Å²) in [5.41, 5.74) is 1.96. The van der Waals surface area contributed by atoms with Crippen LogP contribution in [0.15, 0.2) is 36.5 Å². The summed E-state index contributed by atoms with van der Waals surface area (Å²) in [4.78, 5) is 21.1. The molecule has 2 aromatic rings. The molecule has 1 spiro atoms. The van der Waals surface area contributed by atoms with Crippen molar-refractivity contribution in [3.8, 4) is 0 Å². The van der Waals surface area contributed by atoms with Gasteiger partial charge in [0.1, 0.15) is 0 Å². The number of rotatable bonds is 2. The summed E-state index contributed by atoms with van der Waals surface area (Å²) in [6.07, 6.45) is 3.39. The number of benzene rings is 1. The molecule has 3 saturated heterocycles. The van der Waals surface area contributed by atoms with Crippen molar-refractivity contribution in [1.29, 1.82) is 0 Å². The molecule has 3 aliphatic rings. The number of fused-ring (bicyclic) bond motifs is 1. The van der Waals surface area contributed by atoms with Crippen molar-refractivity contribution in [2.45, 2.75) is 31.2 Å². The predicted molar refractivity (Wildman–Crippen MR) is 85.6 cm³/mol. The zero-order valence-electron chi connectivity index (χ0n) is 12.9. The predicted octanol–water partition coefficient (Wildman–Crippen LogP) is 1.77. The number of hydrogen-bond donors (Lipinski definition) is 0. The van der Waals surface area contributed by atoms with E-state index in [9.17, 15) is 4.79 Å². The van der Waals surface area contributed by atoms with Crippen LogP contribution in [0.1, 0.15) is 18.4 Å². The van der Waals surface area contributed by atoms with Gasteiger partial charge in [0.05, 0.1) is 18.2 Å². The second kappa shape index (κ2) is 4.76. The lowest BCUT2D eigenvalue weighted by molar-refractivity contribution is -0.136. The fourth-order valence-corrected chi connectivity index (χ4v) is 4.58. The van der Waals surface area contributed by atoms with E-state index in [4.69, 9.17) is 4.74 Å². The van der Waals surface area contributed by atoms with E-state index in [1.807, 2.05) is 23.2 Å². The van der Waals surface area contributed by atoms with E-state index in [2.05, 4.69) is 28.1 Å². The van der Waals surface area contributed by atoms with Crippen LogP contribution in [-0.2, 0) is 16.1 Å². The molecular weight excluding hydrogens is 290 g/mol. The third-order valence-corrected chi connectivity index (χ3v) is 5.62. The maximum Gasteiger partial charge on any atom is 0.226 e. The summed E-state index contributed by atoms with van der Waals surface area (Å²) in [6.45, 7) is 3.25. The molecule has 118 valence electrons. The molecule has 1 aromatic carbocycles. The quantitative estimate of drug-likeness (QED) is 0.848. The lowest BCUT2D eigenvalue weighted by atomic mass is 10.0. The number of carbonyl (C=O) groups is 1. The Bertz CT molecular complexity index is 787. The Kier molecular flexibility index (Phi) is 2.78. The Hall–Kier alpha value is -1.98. The minimum atomic E-state index is -0.347. The average Bonchev–Trinajstić information content (AvgIpc) is 3.21. The number of aromatic nitrogens is 1. The molecule has 4 heterocycles. The molecule has 0 aliphatic carbocycles. The van der Waals surface area contributed by atoms with E-state index in [-0.39, 0.29) is 17.7 Å². The van der Waals surface area contributed by atoms with Gasteiger partial charge in [0.25, 0.3) is 0 Å². The molecule has 3 fully saturated rings. The lowest BCUT2D eigenvalue weighted by Crippen LogP contribution is -2.47. The highest BCUT2D eigenvalue weighted by atomic mass is 16.5. The SMILES string of the molecule is O=C1C[C@H]2N(Cc3ccnc4ccccc34)CC[C@]23OCCN13. The molecule has 1 amide bonds. The molecule has 1 aromatic heterocycles.